The fourth-order valence-electron chi connectivity index (χ4n) is 4.07. The van der Waals surface area contributed by atoms with Gasteiger partial charge in [-0.3, -0.25) is 9.59 Å². The van der Waals surface area contributed by atoms with Crippen LogP contribution in [0.4, 0.5) is 0 Å². The molecule has 0 unspecified atom stereocenters. The normalized spacial score (nSPS) is 15.3. The summed E-state index contributed by atoms with van der Waals surface area (Å²) in [4.78, 5) is 25.3. The summed E-state index contributed by atoms with van der Waals surface area (Å²) >= 11 is 0. The number of fused-ring (bicyclic) bond motifs is 3. The van der Waals surface area contributed by atoms with Gasteiger partial charge in [0.05, 0.1) is 6.42 Å². The van der Waals surface area contributed by atoms with Gasteiger partial charge in [-0.25, -0.2) is 0 Å². The van der Waals surface area contributed by atoms with Gasteiger partial charge in [-0.2, -0.15) is 0 Å². The fourth-order valence-corrected chi connectivity index (χ4v) is 4.07. The first-order chi connectivity index (χ1) is 15.7. The Balaban J connectivity index is 1.86. The number of esters is 1. The van der Waals surface area contributed by atoms with E-state index in [4.69, 9.17) is 9.15 Å². The van der Waals surface area contributed by atoms with Crippen LogP contribution < -0.4 is 10.2 Å². The third-order valence-electron chi connectivity index (χ3n) is 5.58. The van der Waals surface area contributed by atoms with Crippen LogP contribution in [0.2, 0.25) is 0 Å². The predicted molar refractivity (Wildman–Crippen MR) is 115 cm³/mol. The third kappa shape index (κ3) is 3.18. The molecule has 3 aromatic carbocycles. The highest BCUT2D eigenvalue weighted by molar-refractivity contribution is 5.94. The van der Waals surface area contributed by atoms with E-state index in [0.29, 0.717) is 5.56 Å². The largest absolute Gasteiger partial charge is 0.508 e. The minimum absolute atomic E-state index is 0.0297. The van der Waals surface area contributed by atoms with Gasteiger partial charge in [-0.1, -0.05) is 12.1 Å². The molecule has 5 rings (SSSR count). The monoisotopic (exact) mass is 448 g/mol. The van der Waals surface area contributed by atoms with Crippen LogP contribution in [0.1, 0.15) is 23.5 Å². The molecule has 4 aromatic rings. The van der Waals surface area contributed by atoms with E-state index in [2.05, 4.69) is 0 Å². The number of rotatable bonds is 2. The van der Waals surface area contributed by atoms with Crippen LogP contribution in [-0.4, -0.2) is 31.5 Å². The standard InChI is InChI=1S/C24H16O9/c25-12-3-1-2-10(6-12)13-8-18(29)32-17-9-16(28)20-21(30)22(31)23(33-24(20)19(13)17)11-4-5-14(26)15(27)7-11/h1-7,9,13,25-28,31H,8H2/t13-/m0/s1. The Morgan fingerprint density at radius 2 is 1.64 bits per heavy atom. The van der Waals surface area contributed by atoms with Gasteiger partial charge >= 0.3 is 5.97 Å². The van der Waals surface area contributed by atoms with Gasteiger partial charge in [-0.05, 0) is 35.9 Å². The summed E-state index contributed by atoms with van der Waals surface area (Å²) in [6.45, 7) is 0. The quantitative estimate of drug-likeness (QED) is 0.176. The van der Waals surface area contributed by atoms with Gasteiger partial charge in [0, 0.05) is 23.1 Å². The Bertz CT molecular complexity index is 1520. The zero-order chi connectivity index (χ0) is 23.4. The zero-order valence-corrected chi connectivity index (χ0v) is 16.8. The van der Waals surface area contributed by atoms with Crippen LogP contribution in [0, 0.1) is 0 Å². The summed E-state index contributed by atoms with van der Waals surface area (Å²) in [6, 6.07) is 10.9. The molecule has 1 aliphatic rings. The van der Waals surface area contributed by atoms with Crippen molar-refractivity contribution in [2.24, 2.45) is 0 Å². The molecule has 0 saturated carbocycles. The SMILES string of the molecule is O=C1C[C@@H](c2cccc(O)c2)c2c(cc(O)c3c(=O)c(O)c(-c4ccc(O)c(O)c4)oc23)O1. The molecule has 2 heterocycles. The van der Waals surface area contributed by atoms with E-state index in [0.717, 1.165) is 18.2 Å². The molecular formula is C24H16O9. The average molecular weight is 448 g/mol. The number of hydrogen-bond donors (Lipinski definition) is 5. The maximum absolute atomic E-state index is 13.0. The molecule has 166 valence electrons. The number of phenols is 4. The lowest BCUT2D eigenvalue weighted by molar-refractivity contribution is -0.135. The second-order valence-electron chi connectivity index (χ2n) is 7.65. The van der Waals surface area contributed by atoms with Gasteiger partial charge in [0.2, 0.25) is 11.2 Å². The van der Waals surface area contributed by atoms with Gasteiger partial charge < -0.3 is 34.7 Å². The summed E-state index contributed by atoms with van der Waals surface area (Å²) in [6.07, 6.45) is -0.129. The Labute approximate surface area is 185 Å². The van der Waals surface area contributed by atoms with E-state index in [1.165, 1.54) is 18.2 Å². The maximum atomic E-state index is 13.0. The van der Waals surface area contributed by atoms with Crippen molar-refractivity contribution in [1.82, 2.24) is 0 Å². The first-order valence-corrected chi connectivity index (χ1v) is 9.82. The van der Waals surface area contributed by atoms with Crippen molar-refractivity contribution in [1.29, 1.82) is 0 Å². The first kappa shape index (κ1) is 20.3. The van der Waals surface area contributed by atoms with E-state index in [-0.39, 0.29) is 45.8 Å². The summed E-state index contributed by atoms with van der Waals surface area (Å²) < 4.78 is 11.2. The molecule has 0 radical (unpaired) electrons. The summed E-state index contributed by atoms with van der Waals surface area (Å²) in [5.41, 5.74) is -0.170. The molecule has 0 amide bonds. The molecule has 9 nitrogen and oxygen atoms in total. The van der Waals surface area contributed by atoms with E-state index >= 15 is 0 Å². The highest BCUT2D eigenvalue weighted by Gasteiger charge is 2.34. The summed E-state index contributed by atoms with van der Waals surface area (Å²) in [7, 11) is 0. The third-order valence-corrected chi connectivity index (χ3v) is 5.58. The summed E-state index contributed by atoms with van der Waals surface area (Å²) in [5, 5.41) is 50.0. The fraction of sp³-hybridized carbons (Fsp3) is 0.0833. The highest BCUT2D eigenvalue weighted by Crippen LogP contribution is 2.47. The molecule has 33 heavy (non-hydrogen) atoms. The van der Waals surface area contributed by atoms with Gasteiger partial charge in [0.25, 0.3) is 0 Å². The number of benzene rings is 3. The highest BCUT2D eigenvalue weighted by atomic mass is 16.5. The van der Waals surface area contributed by atoms with Crippen LogP contribution in [0.3, 0.4) is 0 Å². The first-order valence-electron chi connectivity index (χ1n) is 9.82. The molecule has 5 N–H and O–H groups in total. The van der Waals surface area contributed by atoms with Gasteiger partial charge in [0.1, 0.15) is 28.2 Å². The lowest BCUT2D eigenvalue weighted by Gasteiger charge is -2.26. The van der Waals surface area contributed by atoms with Crippen LogP contribution in [-0.2, 0) is 4.79 Å². The van der Waals surface area contributed by atoms with E-state index in [1.807, 2.05) is 0 Å². The van der Waals surface area contributed by atoms with E-state index in [1.54, 1.807) is 12.1 Å². The Kier molecular flexibility index (Phi) is 4.42. The lowest BCUT2D eigenvalue weighted by atomic mass is 9.85. The second-order valence-corrected chi connectivity index (χ2v) is 7.65. The Morgan fingerprint density at radius 3 is 2.36 bits per heavy atom. The zero-order valence-electron chi connectivity index (χ0n) is 16.8. The van der Waals surface area contributed by atoms with Gasteiger partial charge in [0.15, 0.2) is 17.3 Å². The molecule has 0 aliphatic carbocycles. The van der Waals surface area contributed by atoms with Crippen molar-refractivity contribution in [2.75, 3.05) is 0 Å². The number of carbonyl (C=O) groups is 1. The van der Waals surface area contributed by atoms with Crippen LogP contribution >= 0.6 is 0 Å². The average Bonchev–Trinajstić information content (AvgIpc) is 2.77. The molecule has 0 bridgehead atoms. The number of aromatic hydroxyl groups is 5. The minimum atomic E-state index is -0.939. The predicted octanol–water partition coefficient (Wildman–Crippen LogP) is 3.43. The summed E-state index contributed by atoms with van der Waals surface area (Å²) in [5.74, 6) is -3.94. The van der Waals surface area contributed by atoms with Crippen molar-refractivity contribution >= 4 is 16.9 Å². The number of carbonyl (C=O) groups excluding carboxylic acids is 1. The maximum Gasteiger partial charge on any atom is 0.312 e. The topological polar surface area (TPSA) is 158 Å². The van der Waals surface area contributed by atoms with Crippen molar-refractivity contribution in [3.63, 3.8) is 0 Å². The van der Waals surface area contributed by atoms with E-state index in [9.17, 15) is 35.1 Å². The smallest absolute Gasteiger partial charge is 0.312 e. The molecule has 1 aromatic heterocycles. The van der Waals surface area contributed by atoms with Crippen molar-refractivity contribution in [3.05, 3.63) is 69.9 Å². The lowest BCUT2D eigenvalue weighted by Crippen LogP contribution is -2.22. The number of hydrogen-bond acceptors (Lipinski definition) is 9. The second kappa shape index (κ2) is 7.20. The van der Waals surface area contributed by atoms with E-state index < -0.39 is 40.3 Å². The number of ether oxygens (including phenoxy) is 1. The van der Waals surface area contributed by atoms with Crippen molar-refractivity contribution < 1.29 is 39.5 Å². The molecule has 0 saturated heterocycles. The molecule has 1 atom stereocenters. The van der Waals surface area contributed by atoms with Crippen LogP contribution in [0.25, 0.3) is 22.3 Å². The van der Waals surface area contributed by atoms with Crippen LogP contribution in [0.5, 0.6) is 34.5 Å². The Morgan fingerprint density at radius 1 is 0.848 bits per heavy atom. The van der Waals surface area contributed by atoms with Gasteiger partial charge in [-0.15, -0.1) is 0 Å². The molecular weight excluding hydrogens is 432 g/mol. The van der Waals surface area contributed by atoms with Crippen molar-refractivity contribution in [2.45, 2.75) is 12.3 Å². The molecule has 1 aliphatic heterocycles. The molecule has 9 heteroatoms. The van der Waals surface area contributed by atoms with Crippen LogP contribution in [0.15, 0.2) is 57.7 Å². The van der Waals surface area contributed by atoms with Crippen molar-refractivity contribution in [3.8, 4) is 45.8 Å². The molecule has 0 spiro atoms. The Hall–Kier alpha value is -4.66. The number of phenolic OH excluding ortho intramolecular Hbond substituents is 4. The molecule has 0 fully saturated rings. The minimum Gasteiger partial charge on any atom is -0.508 e.